The zero-order chi connectivity index (χ0) is 12.5. The van der Waals surface area contributed by atoms with Crippen molar-refractivity contribution in [1.29, 1.82) is 0 Å². The summed E-state index contributed by atoms with van der Waals surface area (Å²) in [6.07, 6.45) is 4.25. The van der Waals surface area contributed by atoms with Crippen LogP contribution in [0, 0.1) is 0 Å². The van der Waals surface area contributed by atoms with Crippen LogP contribution in [0.25, 0.3) is 0 Å². The molecule has 1 rings (SSSR count). The zero-order valence-electron chi connectivity index (χ0n) is 10.1. The lowest BCUT2D eigenvalue weighted by molar-refractivity contribution is 0.316. The lowest BCUT2D eigenvalue weighted by Gasteiger charge is -2.05. The normalized spacial score (nSPS) is 11.9. The summed E-state index contributed by atoms with van der Waals surface area (Å²) in [5.74, 6) is 1.24. The van der Waals surface area contributed by atoms with E-state index in [2.05, 4.69) is 27.6 Å². The van der Waals surface area contributed by atoms with Gasteiger partial charge in [0.15, 0.2) is 0 Å². The Labute approximate surface area is 101 Å². The number of nitrogens with one attached hydrogen (secondary N) is 1. The molecule has 0 unspecified atom stereocenters. The Balaban J connectivity index is 2.08. The highest BCUT2D eigenvalue weighted by Gasteiger charge is 2.01. The largest absolute Gasteiger partial charge is 0.409 e. The van der Waals surface area contributed by atoms with Crippen molar-refractivity contribution in [2.45, 2.75) is 39.3 Å². The highest BCUT2D eigenvalue weighted by atomic mass is 16.4. The fourth-order valence-electron chi connectivity index (χ4n) is 1.49. The van der Waals surface area contributed by atoms with Crippen molar-refractivity contribution in [2.24, 2.45) is 10.9 Å². The molecule has 1 aromatic heterocycles. The molecule has 0 aliphatic heterocycles. The van der Waals surface area contributed by atoms with Gasteiger partial charge in [0.2, 0.25) is 0 Å². The molecule has 0 aliphatic rings. The summed E-state index contributed by atoms with van der Waals surface area (Å²) in [7, 11) is 0. The van der Waals surface area contributed by atoms with Crippen molar-refractivity contribution in [2.75, 3.05) is 6.54 Å². The Morgan fingerprint density at radius 1 is 1.59 bits per heavy atom. The van der Waals surface area contributed by atoms with Crippen molar-refractivity contribution in [3.05, 3.63) is 12.2 Å². The van der Waals surface area contributed by atoms with Gasteiger partial charge in [-0.05, 0) is 26.3 Å². The third kappa shape index (κ3) is 4.81. The topological polar surface area (TPSA) is 101 Å². The van der Waals surface area contributed by atoms with Gasteiger partial charge in [0, 0.05) is 13.0 Å². The summed E-state index contributed by atoms with van der Waals surface area (Å²) >= 11 is 0. The molecule has 0 fully saturated rings. The van der Waals surface area contributed by atoms with Gasteiger partial charge in [-0.15, -0.1) is 10.2 Å². The SMILES string of the molecule is CCn1cnnc1CNCCCCC(N)=NO. The Kier molecular flexibility index (Phi) is 6.02. The number of unbranched alkanes of at least 4 members (excludes halogenated alkanes) is 1. The van der Waals surface area contributed by atoms with Gasteiger partial charge in [-0.3, -0.25) is 0 Å². The van der Waals surface area contributed by atoms with Crippen LogP contribution in [0.1, 0.15) is 32.0 Å². The van der Waals surface area contributed by atoms with Gasteiger partial charge < -0.3 is 20.8 Å². The Morgan fingerprint density at radius 2 is 2.41 bits per heavy atom. The maximum Gasteiger partial charge on any atom is 0.146 e. The molecule has 0 saturated carbocycles. The van der Waals surface area contributed by atoms with Crippen LogP contribution in [0.3, 0.4) is 0 Å². The number of nitrogens with zero attached hydrogens (tertiary/aromatic N) is 4. The second kappa shape index (κ2) is 7.61. The van der Waals surface area contributed by atoms with Crippen molar-refractivity contribution >= 4 is 5.84 Å². The molecule has 0 spiro atoms. The number of hydrogen-bond donors (Lipinski definition) is 3. The fraction of sp³-hybridized carbons (Fsp3) is 0.700. The Hall–Kier alpha value is -1.63. The minimum absolute atomic E-state index is 0.288. The number of aryl methyl sites for hydroxylation is 1. The maximum absolute atomic E-state index is 8.35. The average Bonchev–Trinajstić information content (AvgIpc) is 2.80. The number of rotatable bonds is 8. The fourth-order valence-corrected chi connectivity index (χ4v) is 1.49. The molecule has 0 aliphatic carbocycles. The summed E-state index contributed by atoms with van der Waals surface area (Å²) in [6, 6.07) is 0. The van der Waals surface area contributed by atoms with Crippen LogP contribution in [0.5, 0.6) is 0 Å². The first-order valence-corrected chi connectivity index (χ1v) is 5.81. The second-order valence-corrected chi connectivity index (χ2v) is 3.76. The summed E-state index contributed by atoms with van der Waals surface area (Å²) in [6.45, 7) is 4.55. The molecule has 0 amide bonds. The first kappa shape index (κ1) is 13.4. The van der Waals surface area contributed by atoms with Crippen molar-refractivity contribution in [1.82, 2.24) is 20.1 Å². The number of amidine groups is 1. The number of hydrogen-bond acceptors (Lipinski definition) is 5. The third-order valence-electron chi connectivity index (χ3n) is 2.48. The van der Waals surface area contributed by atoms with Crippen LogP contribution in [0.2, 0.25) is 0 Å². The Morgan fingerprint density at radius 3 is 3.12 bits per heavy atom. The maximum atomic E-state index is 8.35. The monoisotopic (exact) mass is 240 g/mol. The van der Waals surface area contributed by atoms with Gasteiger partial charge in [-0.25, -0.2) is 0 Å². The predicted molar refractivity (Wildman–Crippen MR) is 64.7 cm³/mol. The number of oxime groups is 1. The molecular weight excluding hydrogens is 220 g/mol. The smallest absolute Gasteiger partial charge is 0.146 e. The van der Waals surface area contributed by atoms with Gasteiger partial charge in [0.1, 0.15) is 18.0 Å². The summed E-state index contributed by atoms with van der Waals surface area (Å²) < 4.78 is 2.00. The Bertz CT molecular complexity index is 348. The first-order valence-electron chi connectivity index (χ1n) is 5.81. The van der Waals surface area contributed by atoms with Crippen LogP contribution in [0.15, 0.2) is 11.5 Å². The highest BCUT2D eigenvalue weighted by Crippen LogP contribution is 1.96. The van der Waals surface area contributed by atoms with E-state index in [0.717, 1.165) is 38.3 Å². The molecule has 7 nitrogen and oxygen atoms in total. The van der Waals surface area contributed by atoms with E-state index in [1.807, 2.05) is 4.57 Å². The molecule has 0 radical (unpaired) electrons. The van der Waals surface area contributed by atoms with Crippen LogP contribution >= 0.6 is 0 Å². The molecule has 0 bridgehead atoms. The minimum atomic E-state index is 0.288. The van der Waals surface area contributed by atoms with Gasteiger partial charge in [0.05, 0.1) is 6.54 Å². The van der Waals surface area contributed by atoms with E-state index in [0.29, 0.717) is 6.42 Å². The van der Waals surface area contributed by atoms with E-state index in [1.165, 1.54) is 0 Å². The van der Waals surface area contributed by atoms with E-state index in [1.54, 1.807) is 6.33 Å². The molecule has 0 saturated heterocycles. The molecule has 1 heterocycles. The molecule has 7 heteroatoms. The van der Waals surface area contributed by atoms with Crippen molar-refractivity contribution < 1.29 is 5.21 Å². The number of aromatic nitrogens is 3. The van der Waals surface area contributed by atoms with Crippen molar-refractivity contribution in [3.8, 4) is 0 Å². The molecule has 96 valence electrons. The van der Waals surface area contributed by atoms with Crippen LogP contribution < -0.4 is 11.1 Å². The standard InChI is InChI=1S/C10H20N6O/c1-2-16-8-13-14-10(16)7-12-6-4-3-5-9(11)15-17/h8,12,17H,2-7H2,1H3,(H2,11,15). The summed E-state index contributed by atoms with van der Waals surface area (Å²) in [4.78, 5) is 0. The predicted octanol–water partition coefficient (Wildman–Crippen LogP) is 0.304. The highest BCUT2D eigenvalue weighted by molar-refractivity contribution is 5.79. The first-order chi connectivity index (χ1) is 8.27. The van der Waals surface area contributed by atoms with Crippen molar-refractivity contribution in [3.63, 3.8) is 0 Å². The minimum Gasteiger partial charge on any atom is -0.409 e. The van der Waals surface area contributed by atoms with E-state index in [-0.39, 0.29) is 5.84 Å². The average molecular weight is 240 g/mol. The molecule has 0 aromatic carbocycles. The third-order valence-corrected chi connectivity index (χ3v) is 2.48. The molecule has 0 atom stereocenters. The lowest BCUT2D eigenvalue weighted by atomic mass is 10.2. The van der Waals surface area contributed by atoms with E-state index in [9.17, 15) is 0 Å². The molecule has 17 heavy (non-hydrogen) atoms. The lowest BCUT2D eigenvalue weighted by Crippen LogP contribution is -2.18. The van der Waals surface area contributed by atoms with Crippen LogP contribution in [0.4, 0.5) is 0 Å². The number of nitrogens with two attached hydrogens (primary N) is 1. The van der Waals surface area contributed by atoms with Gasteiger partial charge in [-0.1, -0.05) is 5.16 Å². The molecule has 4 N–H and O–H groups in total. The van der Waals surface area contributed by atoms with E-state index in [4.69, 9.17) is 10.9 Å². The van der Waals surface area contributed by atoms with E-state index >= 15 is 0 Å². The summed E-state index contributed by atoms with van der Waals surface area (Å²) in [5.41, 5.74) is 5.36. The second-order valence-electron chi connectivity index (χ2n) is 3.76. The quantitative estimate of drug-likeness (QED) is 0.199. The van der Waals surface area contributed by atoms with Gasteiger partial charge in [-0.2, -0.15) is 0 Å². The zero-order valence-corrected chi connectivity index (χ0v) is 10.1. The van der Waals surface area contributed by atoms with Crippen LogP contribution in [-0.2, 0) is 13.1 Å². The molecular formula is C10H20N6O. The van der Waals surface area contributed by atoms with E-state index < -0.39 is 0 Å². The van der Waals surface area contributed by atoms with Gasteiger partial charge in [0.25, 0.3) is 0 Å². The van der Waals surface area contributed by atoms with Crippen LogP contribution in [-0.4, -0.2) is 32.4 Å². The van der Waals surface area contributed by atoms with Gasteiger partial charge >= 0.3 is 0 Å². The summed E-state index contributed by atoms with van der Waals surface area (Å²) in [5, 5.41) is 22.4. The molecule has 1 aromatic rings.